The van der Waals surface area contributed by atoms with Crippen molar-refractivity contribution < 1.29 is 19.1 Å². The molecular formula is C28H36N2O4. The number of amides is 2. The van der Waals surface area contributed by atoms with Crippen molar-refractivity contribution in [1.82, 2.24) is 10.2 Å². The second-order valence-corrected chi connectivity index (χ2v) is 9.54. The van der Waals surface area contributed by atoms with Crippen molar-refractivity contribution in [1.29, 1.82) is 0 Å². The zero-order chi connectivity index (χ0) is 23.9. The molecule has 0 unspecified atom stereocenters. The van der Waals surface area contributed by atoms with Gasteiger partial charge in [-0.25, -0.2) is 0 Å². The Morgan fingerprint density at radius 1 is 0.882 bits per heavy atom. The maximum Gasteiger partial charge on any atom is 0.254 e. The van der Waals surface area contributed by atoms with E-state index < -0.39 is 0 Å². The van der Waals surface area contributed by atoms with E-state index in [9.17, 15) is 9.59 Å². The summed E-state index contributed by atoms with van der Waals surface area (Å²) in [5.74, 6) is 2.47. The summed E-state index contributed by atoms with van der Waals surface area (Å²) >= 11 is 0. The highest BCUT2D eigenvalue weighted by molar-refractivity contribution is 5.95. The van der Waals surface area contributed by atoms with Crippen molar-refractivity contribution in [2.24, 2.45) is 11.8 Å². The normalized spacial score (nSPS) is 21.1. The monoisotopic (exact) mass is 464 g/mol. The van der Waals surface area contributed by atoms with Crippen molar-refractivity contribution in [3.63, 3.8) is 0 Å². The number of piperidine rings is 1. The number of nitrogens with one attached hydrogen (secondary N) is 1. The molecule has 1 aliphatic heterocycles. The minimum absolute atomic E-state index is 0.0236. The molecule has 2 aromatic rings. The molecule has 1 saturated carbocycles. The highest BCUT2D eigenvalue weighted by Gasteiger charge is 2.29. The number of carbonyl (C=O) groups is 2. The molecule has 0 bridgehead atoms. The van der Waals surface area contributed by atoms with Crippen molar-refractivity contribution in [2.45, 2.75) is 44.4 Å². The molecule has 0 atom stereocenters. The van der Waals surface area contributed by atoms with E-state index in [1.54, 1.807) is 32.4 Å². The first-order valence-corrected chi connectivity index (χ1v) is 12.4. The Kier molecular flexibility index (Phi) is 8.09. The van der Waals surface area contributed by atoms with Gasteiger partial charge in [0.1, 0.15) is 11.5 Å². The lowest BCUT2D eigenvalue weighted by atomic mass is 9.78. The third-order valence-electron chi connectivity index (χ3n) is 7.43. The van der Waals surface area contributed by atoms with Crippen LogP contribution in [-0.2, 0) is 4.79 Å². The number of benzene rings is 2. The summed E-state index contributed by atoms with van der Waals surface area (Å²) in [6, 6.07) is 16.0. The number of carbonyl (C=O) groups excluding carboxylic acids is 2. The van der Waals surface area contributed by atoms with Crippen LogP contribution in [0.5, 0.6) is 11.5 Å². The van der Waals surface area contributed by atoms with Gasteiger partial charge in [0.05, 0.1) is 14.2 Å². The van der Waals surface area contributed by atoms with E-state index >= 15 is 0 Å². The molecule has 4 rings (SSSR count). The van der Waals surface area contributed by atoms with Gasteiger partial charge in [0.2, 0.25) is 5.91 Å². The second-order valence-electron chi connectivity index (χ2n) is 9.54. The molecule has 6 nitrogen and oxygen atoms in total. The average Bonchev–Trinajstić information content (AvgIpc) is 2.91. The first kappa shape index (κ1) is 24.1. The Balaban J connectivity index is 1.21. The Morgan fingerprint density at radius 2 is 1.50 bits per heavy atom. The highest BCUT2D eigenvalue weighted by atomic mass is 16.5. The van der Waals surface area contributed by atoms with Gasteiger partial charge in [-0.15, -0.1) is 0 Å². The van der Waals surface area contributed by atoms with Crippen molar-refractivity contribution in [3.8, 4) is 11.5 Å². The fraction of sp³-hybridized carbons (Fsp3) is 0.500. The summed E-state index contributed by atoms with van der Waals surface area (Å²) in [5, 5.41) is 3.21. The van der Waals surface area contributed by atoms with Crippen LogP contribution in [0.1, 0.15) is 60.4 Å². The summed E-state index contributed by atoms with van der Waals surface area (Å²) in [6.45, 7) is 1.93. The smallest absolute Gasteiger partial charge is 0.254 e. The largest absolute Gasteiger partial charge is 0.497 e. The minimum atomic E-state index is -0.0498. The molecular weight excluding hydrogens is 428 g/mol. The molecule has 1 saturated heterocycles. The molecule has 2 aliphatic rings. The zero-order valence-corrected chi connectivity index (χ0v) is 20.3. The quantitative estimate of drug-likeness (QED) is 0.648. The molecule has 182 valence electrons. The number of hydrogen-bond acceptors (Lipinski definition) is 4. The van der Waals surface area contributed by atoms with E-state index in [1.165, 1.54) is 18.4 Å². The molecule has 2 fully saturated rings. The molecule has 1 aliphatic carbocycles. The first-order chi connectivity index (χ1) is 16.6. The Labute approximate surface area is 202 Å². The molecule has 0 aromatic heterocycles. The standard InChI is InChI=1S/C28H36N2O4/c1-33-25-16-24(17-26(18-25)34-2)28(32)30-14-12-23(13-15-30)27(31)29-19-20-8-10-22(11-9-20)21-6-4-3-5-7-21/h3-7,16-18,20,22-23H,8-15,19H2,1-2H3,(H,29,31). The van der Waals surface area contributed by atoms with Crippen LogP contribution >= 0.6 is 0 Å². The molecule has 6 heteroatoms. The number of methoxy groups -OCH3 is 2. The number of rotatable bonds is 7. The molecule has 1 N–H and O–H groups in total. The molecule has 1 heterocycles. The van der Waals surface area contributed by atoms with Gasteiger partial charge in [-0.05, 0) is 68.1 Å². The van der Waals surface area contributed by atoms with Gasteiger partial charge in [-0.2, -0.15) is 0 Å². The number of likely N-dealkylation sites (tertiary alicyclic amines) is 1. The minimum Gasteiger partial charge on any atom is -0.497 e. The van der Waals surface area contributed by atoms with Crippen LogP contribution in [0.3, 0.4) is 0 Å². The predicted molar refractivity (Wildman–Crippen MR) is 132 cm³/mol. The fourth-order valence-corrected chi connectivity index (χ4v) is 5.27. The van der Waals surface area contributed by atoms with Gasteiger partial charge in [0, 0.05) is 37.2 Å². The van der Waals surface area contributed by atoms with Crippen molar-refractivity contribution in [2.75, 3.05) is 33.9 Å². The van der Waals surface area contributed by atoms with E-state index in [-0.39, 0.29) is 17.7 Å². The molecule has 34 heavy (non-hydrogen) atoms. The maximum atomic E-state index is 13.0. The summed E-state index contributed by atoms with van der Waals surface area (Å²) in [5.41, 5.74) is 1.99. The molecule has 2 aromatic carbocycles. The van der Waals surface area contributed by atoms with Crippen LogP contribution in [0.25, 0.3) is 0 Å². The van der Waals surface area contributed by atoms with Crippen LogP contribution in [0.2, 0.25) is 0 Å². The SMILES string of the molecule is COc1cc(OC)cc(C(=O)N2CCC(C(=O)NCC3CCC(c4ccccc4)CC3)CC2)c1. The van der Waals surface area contributed by atoms with Gasteiger partial charge >= 0.3 is 0 Å². The lowest BCUT2D eigenvalue weighted by molar-refractivity contribution is -0.126. The zero-order valence-electron chi connectivity index (χ0n) is 20.3. The van der Waals surface area contributed by atoms with E-state index in [0.29, 0.717) is 54.8 Å². The summed E-state index contributed by atoms with van der Waals surface area (Å²) < 4.78 is 10.6. The van der Waals surface area contributed by atoms with E-state index in [1.807, 2.05) is 4.90 Å². The third kappa shape index (κ3) is 5.91. The number of hydrogen-bond donors (Lipinski definition) is 1. The number of nitrogens with zero attached hydrogens (tertiary/aromatic N) is 1. The van der Waals surface area contributed by atoms with Crippen LogP contribution < -0.4 is 14.8 Å². The predicted octanol–water partition coefficient (Wildman–Crippen LogP) is 4.65. The average molecular weight is 465 g/mol. The van der Waals surface area contributed by atoms with Crippen LogP contribution in [0.4, 0.5) is 0 Å². The highest BCUT2D eigenvalue weighted by Crippen LogP contribution is 2.35. The van der Waals surface area contributed by atoms with Gasteiger partial charge in [0.25, 0.3) is 5.91 Å². The summed E-state index contributed by atoms with van der Waals surface area (Å²) in [4.78, 5) is 27.6. The van der Waals surface area contributed by atoms with Crippen molar-refractivity contribution in [3.05, 3.63) is 59.7 Å². The molecule has 2 amide bonds. The van der Waals surface area contributed by atoms with Gasteiger partial charge in [0.15, 0.2) is 0 Å². The van der Waals surface area contributed by atoms with Gasteiger partial charge in [-0.3, -0.25) is 9.59 Å². The van der Waals surface area contributed by atoms with Gasteiger partial charge < -0.3 is 19.7 Å². The van der Waals surface area contributed by atoms with Crippen molar-refractivity contribution >= 4 is 11.8 Å². The third-order valence-corrected chi connectivity index (χ3v) is 7.43. The lowest BCUT2D eigenvalue weighted by Crippen LogP contribution is -2.44. The van der Waals surface area contributed by atoms with E-state index in [2.05, 4.69) is 35.6 Å². The number of ether oxygens (including phenoxy) is 2. The Hall–Kier alpha value is -3.02. The van der Waals surface area contributed by atoms with E-state index in [0.717, 1.165) is 19.4 Å². The summed E-state index contributed by atoms with van der Waals surface area (Å²) in [6.07, 6.45) is 6.10. The Morgan fingerprint density at radius 3 is 2.09 bits per heavy atom. The first-order valence-electron chi connectivity index (χ1n) is 12.4. The molecule has 0 radical (unpaired) electrons. The van der Waals surface area contributed by atoms with Crippen LogP contribution in [-0.4, -0.2) is 50.6 Å². The lowest BCUT2D eigenvalue weighted by Gasteiger charge is -2.32. The van der Waals surface area contributed by atoms with E-state index in [4.69, 9.17) is 9.47 Å². The van der Waals surface area contributed by atoms with Gasteiger partial charge in [-0.1, -0.05) is 30.3 Å². The molecule has 0 spiro atoms. The Bertz CT molecular complexity index is 939. The maximum absolute atomic E-state index is 13.0. The fourth-order valence-electron chi connectivity index (χ4n) is 5.27. The van der Waals surface area contributed by atoms with Crippen LogP contribution in [0.15, 0.2) is 48.5 Å². The summed E-state index contributed by atoms with van der Waals surface area (Å²) in [7, 11) is 3.14. The van der Waals surface area contributed by atoms with Crippen LogP contribution in [0, 0.1) is 11.8 Å². The second kappa shape index (κ2) is 11.4. The topological polar surface area (TPSA) is 67.9 Å².